The predicted octanol–water partition coefficient (Wildman–Crippen LogP) is 2.36. The van der Waals surface area contributed by atoms with E-state index in [1.54, 1.807) is 31.9 Å². The van der Waals surface area contributed by atoms with Crippen LogP contribution in [0, 0.1) is 5.92 Å². The van der Waals surface area contributed by atoms with E-state index in [0.29, 0.717) is 12.2 Å². The topological polar surface area (TPSA) is 79.0 Å². The van der Waals surface area contributed by atoms with E-state index in [9.17, 15) is 14.4 Å². The standard InChI is InChI=1S/C22H39N3O4/c1-8-29-20(27)17(4)14-18(16(2)3)25(7)19(26)15-23-21(28)22(24(5)6)12-10-9-11-13-22/h14,16,18H,8-13,15H2,1-7H3,(H,23,28)/b17-14+/t18-/m1/s1. The number of nitrogens with one attached hydrogen (secondary N) is 1. The molecule has 0 radical (unpaired) electrons. The van der Waals surface area contributed by atoms with E-state index in [0.717, 1.165) is 32.1 Å². The molecule has 0 aromatic carbocycles. The lowest BCUT2D eigenvalue weighted by Crippen LogP contribution is -2.58. The number of carbonyl (C=O) groups is 3. The summed E-state index contributed by atoms with van der Waals surface area (Å²) < 4.78 is 5.03. The zero-order valence-electron chi connectivity index (χ0n) is 19.2. The summed E-state index contributed by atoms with van der Waals surface area (Å²) >= 11 is 0. The summed E-state index contributed by atoms with van der Waals surface area (Å²) in [5.41, 5.74) is -0.0578. The maximum atomic E-state index is 12.9. The average molecular weight is 410 g/mol. The van der Waals surface area contributed by atoms with E-state index in [2.05, 4.69) is 5.32 Å². The Morgan fingerprint density at radius 3 is 2.17 bits per heavy atom. The van der Waals surface area contributed by atoms with Crippen LogP contribution in [-0.4, -0.2) is 73.5 Å². The number of likely N-dealkylation sites (N-methyl/N-ethyl adjacent to an activating group) is 2. The first-order valence-corrected chi connectivity index (χ1v) is 10.6. The maximum absolute atomic E-state index is 12.9. The van der Waals surface area contributed by atoms with Crippen LogP contribution < -0.4 is 5.32 Å². The molecule has 0 aromatic rings. The van der Waals surface area contributed by atoms with E-state index in [-0.39, 0.29) is 36.3 Å². The highest BCUT2D eigenvalue weighted by Crippen LogP contribution is 2.32. The van der Waals surface area contributed by atoms with Gasteiger partial charge in [0.1, 0.15) is 0 Å². The number of hydrogen-bond acceptors (Lipinski definition) is 5. The van der Waals surface area contributed by atoms with Gasteiger partial charge in [-0.3, -0.25) is 14.5 Å². The van der Waals surface area contributed by atoms with Gasteiger partial charge in [0.25, 0.3) is 0 Å². The summed E-state index contributed by atoms with van der Waals surface area (Å²) in [5.74, 6) is -0.536. The number of hydrogen-bond donors (Lipinski definition) is 1. The Hall–Kier alpha value is -1.89. The van der Waals surface area contributed by atoms with Crippen molar-refractivity contribution in [3.63, 3.8) is 0 Å². The minimum absolute atomic E-state index is 0.0551. The van der Waals surface area contributed by atoms with Crippen molar-refractivity contribution in [2.24, 2.45) is 5.92 Å². The van der Waals surface area contributed by atoms with E-state index < -0.39 is 5.54 Å². The Morgan fingerprint density at radius 2 is 1.69 bits per heavy atom. The second-order valence-electron chi connectivity index (χ2n) is 8.48. The van der Waals surface area contributed by atoms with Crippen molar-refractivity contribution in [3.8, 4) is 0 Å². The fourth-order valence-corrected chi connectivity index (χ4v) is 3.95. The molecule has 0 bridgehead atoms. The molecule has 7 heteroatoms. The molecule has 7 nitrogen and oxygen atoms in total. The van der Waals surface area contributed by atoms with Gasteiger partial charge in [0.15, 0.2) is 0 Å². The molecule has 0 aromatic heterocycles. The van der Waals surface area contributed by atoms with Crippen molar-refractivity contribution in [3.05, 3.63) is 11.6 Å². The van der Waals surface area contributed by atoms with E-state index in [1.807, 2.05) is 32.8 Å². The van der Waals surface area contributed by atoms with Crippen LogP contribution in [0.3, 0.4) is 0 Å². The molecule has 0 heterocycles. The molecule has 0 unspecified atom stereocenters. The van der Waals surface area contributed by atoms with Gasteiger partial charge in [-0.05, 0) is 46.7 Å². The van der Waals surface area contributed by atoms with Gasteiger partial charge in [-0.1, -0.05) is 39.2 Å². The van der Waals surface area contributed by atoms with Gasteiger partial charge < -0.3 is 15.0 Å². The van der Waals surface area contributed by atoms with Gasteiger partial charge >= 0.3 is 5.97 Å². The van der Waals surface area contributed by atoms with Crippen LogP contribution in [0.15, 0.2) is 11.6 Å². The molecule has 1 saturated carbocycles. The molecule has 0 spiro atoms. The third kappa shape index (κ3) is 6.56. The third-order valence-corrected chi connectivity index (χ3v) is 5.90. The first-order chi connectivity index (χ1) is 13.6. The molecule has 1 aliphatic carbocycles. The predicted molar refractivity (Wildman–Crippen MR) is 114 cm³/mol. The fraction of sp³-hybridized carbons (Fsp3) is 0.773. The van der Waals surface area contributed by atoms with E-state index in [1.165, 1.54) is 0 Å². The van der Waals surface area contributed by atoms with Crippen LogP contribution in [-0.2, 0) is 19.1 Å². The monoisotopic (exact) mass is 409 g/mol. The number of esters is 1. The minimum Gasteiger partial charge on any atom is -0.463 e. The molecule has 1 fully saturated rings. The van der Waals surface area contributed by atoms with Crippen LogP contribution in [0.2, 0.25) is 0 Å². The number of amides is 2. The molecule has 1 atom stereocenters. The zero-order valence-corrected chi connectivity index (χ0v) is 19.2. The highest BCUT2D eigenvalue weighted by molar-refractivity contribution is 5.91. The van der Waals surface area contributed by atoms with E-state index in [4.69, 9.17) is 4.74 Å². The van der Waals surface area contributed by atoms with Crippen LogP contribution >= 0.6 is 0 Å². The molecule has 1 rings (SSSR count). The molecule has 1 N–H and O–H groups in total. The largest absolute Gasteiger partial charge is 0.463 e. The highest BCUT2D eigenvalue weighted by Gasteiger charge is 2.41. The number of nitrogens with zero attached hydrogens (tertiary/aromatic N) is 2. The molecule has 0 saturated heterocycles. The average Bonchev–Trinajstić information content (AvgIpc) is 2.69. The van der Waals surface area contributed by atoms with Crippen molar-refractivity contribution in [1.29, 1.82) is 0 Å². The molecule has 1 aliphatic rings. The lowest BCUT2D eigenvalue weighted by molar-refractivity contribution is -0.139. The first kappa shape index (κ1) is 25.1. The van der Waals surface area contributed by atoms with Crippen molar-refractivity contribution in [1.82, 2.24) is 15.1 Å². The number of rotatable bonds is 9. The van der Waals surface area contributed by atoms with Crippen molar-refractivity contribution >= 4 is 17.8 Å². The number of ether oxygens (including phenoxy) is 1. The molecule has 29 heavy (non-hydrogen) atoms. The zero-order chi connectivity index (χ0) is 22.2. The van der Waals surface area contributed by atoms with Gasteiger partial charge in [0, 0.05) is 12.6 Å². The highest BCUT2D eigenvalue weighted by atomic mass is 16.5. The van der Waals surface area contributed by atoms with Gasteiger partial charge in [-0.2, -0.15) is 0 Å². The van der Waals surface area contributed by atoms with Crippen LogP contribution in [0.25, 0.3) is 0 Å². The van der Waals surface area contributed by atoms with Crippen molar-refractivity contribution in [2.75, 3.05) is 34.3 Å². The van der Waals surface area contributed by atoms with Gasteiger partial charge in [-0.15, -0.1) is 0 Å². The summed E-state index contributed by atoms with van der Waals surface area (Å²) in [5, 5.41) is 2.86. The van der Waals surface area contributed by atoms with Gasteiger partial charge in [0.2, 0.25) is 11.8 Å². The number of carbonyl (C=O) groups excluding carboxylic acids is 3. The second kappa shape index (κ2) is 11.3. The smallest absolute Gasteiger partial charge is 0.333 e. The molecule has 2 amide bonds. The van der Waals surface area contributed by atoms with Crippen LogP contribution in [0.4, 0.5) is 0 Å². The van der Waals surface area contributed by atoms with Crippen molar-refractivity contribution in [2.45, 2.75) is 71.4 Å². The Kier molecular flexibility index (Phi) is 9.83. The fourth-order valence-electron chi connectivity index (χ4n) is 3.95. The van der Waals surface area contributed by atoms with Crippen LogP contribution in [0.5, 0.6) is 0 Å². The summed E-state index contributed by atoms with van der Waals surface area (Å²) in [6.07, 6.45) is 6.58. The molecular weight excluding hydrogens is 370 g/mol. The SMILES string of the molecule is CCOC(=O)/C(C)=C/[C@H](C(C)C)N(C)C(=O)CNC(=O)C1(N(C)C)CCCCC1. The summed E-state index contributed by atoms with van der Waals surface area (Å²) in [6.45, 7) is 7.69. The molecule has 166 valence electrons. The Morgan fingerprint density at radius 1 is 1.10 bits per heavy atom. The summed E-state index contributed by atoms with van der Waals surface area (Å²) in [6, 6.07) is -0.263. The Balaban J connectivity index is 2.81. The van der Waals surface area contributed by atoms with Crippen LogP contribution in [0.1, 0.15) is 59.8 Å². The summed E-state index contributed by atoms with van der Waals surface area (Å²) in [7, 11) is 5.56. The third-order valence-electron chi connectivity index (χ3n) is 5.90. The quantitative estimate of drug-likeness (QED) is 0.467. The summed E-state index contributed by atoms with van der Waals surface area (Å²) in [4.78, 5) is 41.2. The lowest BCUT2D eigenvalue weighted by Gasteiger charge is -2.41. The molecule has 0 aliphatic heterocycles. The Labute approximate surface area is 175 Å². The van der Waals surface area contributed by atoms with Crippen molar-refractivity contribution < 1.29 is 19.1 Å². The second-order valence-corrected chi connectivity index (χ2v) is 8.48. The maximum Gasteiger partial charge on any atom is 0.333 e. The van der Waals surface area contributed by atoms with Gasteiger partial charge in [-0.25, -0.2) is 4.79 Å². The van der Waals surface area contributed by atoms with Gasteiger partial charge in [0.05, 0.1) is 24.7 Å². The Bertz CT molecular complexity index is 607. The molecular formula is C22H39N3O4. The normalized spacial score (nSPS) is 17.8. The van der Waals surface area contributed by atoms with E-state index >= 15 is 0 Å². The first-order valence-electron chi connectivity index (χ1n) is 10.6. The minimum atomic E-state index is -0.533. The lowest BCUT2D eigenvalue weighted by atomic mass is 9.80.